The Morgan fingerprint density at radius 1 is 1.37 bits per heavy atom. The lowest BCUT2D eigenvalue weighted by molar-refractivity contribution is 0.703. The van der Waals surface area contributed by atoms with Crippen molar-refractivity contribution in [2.24, 2.45) is 0 Å². The van der Waals surface area contributed by atoms with Crippen LogP contribution in [0.15, 0.2) is 28.1 Å². The summed E-state index contributed by atoms with van der Waals surface area (Å²) in [7, 11) is 0. The molecule has 0 aliphatic carbocycles. The van der Waals surface area contributed by atoms with Gasteiger partial charge in [0.25, 0.3) is 0 Å². The van der Waals surface area contributed by atoms with Gasteiger partial charge >= 0.3 is 0 Å². The van der Waals surface area contributed by atoms with Gasteiger partial charge in [-0.05, 0) is 24.6 Å². The van der Waals surface area contributed by atoms with Crippen LogP contribution in [0.5, 0.6) is 0 Å². The average molecular weight is 337 g/mol. The topological polar surface area (TPSA) is 56.7 Å². The van der Waals surface area contributed by atoms with Crippen molar-refractivity contribution in [3.8, 4) is 11.5 Å². The summed E-state index contributed by atoms with van der Waals surface area (Å²) in [6.07, 6.45) is 1.05. The van der Waals surface area contributed by atoms with Gasteiger partial charge in [-0.3, -0.25) is 0 Å². The number of nitrogens with two attached hydrogens (primary N) is 1. The van der Waals surface area contributed by atoms with Gasteiger partial charge in [-0.2, -0.15) is 0 Å². The van der Waals surface area contributed by atoms with E-state index in [2.05, 4.69) is 38.5 Å². The highest BCUT2D eigenvalue weighted by molar-refractivity contribution is 9.10. The van der Waals surface area contributed by atoms with Gasteiger partial charge in [-0.15, -0.1) is 11.3 Å². The van der Waals surface area contributed by atoms with E-state index in [9.17, 15) is 0 Å². The fraction of sp³-hybridized carbons (Fsp3) is 0.231. The van der Waals surface area contributed by atoms with Crippen LogP contribution in [0.25, 0.3) is 22.6 Å². The summed E-state index contributed by atoms with van der Waals surface area (Å²) in [4.78, 5) is 9.04. The van der Waals surface area contributed by atoms with Gasteiger partial charge in [-0.25, -0.2) is 9.97 Å². The average Bonchev–Trinajstić information content (AvgIpc) is 2.94. The Bertz CT molecular complexity index is 731. The van der Waals surface area contributed by atoms with Crippen molar-refractivity contribution in [2.45, 2.75) is 19.9 Å². The maximum atomic E-state index is 5.72. The lowest BCUT2D eigenvalue weighted by Crippen LogP contribution is -2.00. The minimum absolute atomic E-state index is 0.575. The number of imidazole rings is 1. The molecule has 0 spiro atoms. The largest absolute Gasteiger partial charge is 0.375 e. The van der Waals surface area contributed by atoms with Crippen LogP contribution in [-0.2, 0) is 6.54 Å². The normalized spacial score (nSPS) is 11.3. The number of hydrogen-bond donors (Lipinski definition) is 1. The van der Waals surface area contributed by atoms with E-state index in [0.717, 1.165) is 40.0 Å². The summed E-state index contributed by atoms with van der Waals surface area (Å²) in [6, 6.07) is 6.15. The number of rotatable bonds is 3. The Kier molecular flexibility index (Phi) is 3.28. The molecule has 0 saturated carbocycles. The molecule has 0 amide bonds. The zero-order valence-corrected chi connectivity index (χ0v) is 12.8. The van der Waals surface area contributed by atoms with Gasteiger partial charge < -0.3 is 10.3 Å². The number of halogens is 1. The van der Waals surface area contributed by atoms with Crippen molar-refractivity contribution in [3.63, 3.8) is 0 Å². The third-order valence-electron chi connectivity index (χ3n) is 2.91. The molecule has 2 N–H and O–H groups in total. The molecule has 0 atom stereocenters. The van der Waals surface area contributed by atoms with Gasteiger partial charge in [0.2, 0.25) is 0 Å². The molecule has 3 rings (SSSR count). The molecular formula is C13H13BrN4S. The lowest BCUT2D eigenvalue weighted by Gasteiger charge is -2.05. The first kappa shape index (κ1) is 12.6. The maximum Gasteiger partial charge on any atom is 0.180 e. The van der Waals surface area contributed by atoms with Crippen LogP contribution < -0.4 is 5.73 Å². The van der Waals surface area contributed by atoms with Crippen molar-refractivity contribution >= 4 is 43.4 Å². The molecule has 0 bridgehead atoms. The molecule has 0 saturated heterocycles. The molecule has 4 nitrogen and oxygen atoms in total. The van der Waals surface area contributed by atoms with Gasteiger partial charge in [0.1, 0.15) is 5.69 Å². The SMILES string of the molecule is CCCn1c(-c2csc(N)n2)nc2cc(Br)ccc21. The zero-order valence-electron chi connectivity index (χ0n) is 10.4. The quantitative estimate of drug-likeness (QED) is 0.788. The van der Waals surface area contributed by atoms with Gasteiger partial charge in [0.15, 0.2) is 11.0 Å². The highest BCUT2D eigenvalue weighted by Gasteiger charge is 2.14. The van der Waals surface area contributed by atoms with Crippen LogP contribution in [0, 0.1) is 0 Å². The second-order valence-corrected chi connectivity index (χ2v) is 6.10. The summed E-state index contributed by atoms with van der Waals surface area (Å²) in [5, 5.41) is 2.53. The molecule has 2 heterocycles. The summed E-state index contributed by atoms with van der Waals surface area (Å²) >= 11 is 4.93. The number of nitrogen functional groups attached to an aromatic ring is 1. The van der Waals surface area contributed by atoms with E-state index in [-0.39, 0.29) is 0 Å². The second kappa shape index (κ2) is 4.94. The molecule has 1 aromatic carbocycles. The van der Waals surface area contributed by atoms with Crippen LogP contribution in [0.3, 0.4) is 0 Å². The molecular weight excluding hydrogens is 324 g/mol. The van der Waals surface area contributed by atoms with Crippen molar-refractivity contribution in [3.05, 3.63) is 28.1 Å². The van der Waals surface area contributed by atoms with Crippen LogP contribution in [-0.4, -0.2) is 14.5 Å². The predicted molar refractivity (Wildman–Crippen MR) is 83.2 cm³/mol. The molecule has 0 radical (unpaired) electrons. The summed E-state index contributed by atoms with van der Waals surface area (Å²) in [6.45, 7) is 3.08. The number of thiazole rings is 1. The number of fused-ring (bicyclic) bond motifs is 1. The summed E-state index contributed by atoms with van der Waals surface area (Å²) < 4.78 is 3.24. The Hall–Kier alpha value is -1.40. The highest BCUT2D eigenvalue weighted by Crippen LogP contribution is 2.28. The molecule has 0 fully saturated rings. The minimum Gasteiger partial charge on any atom is -0.375 e. The molecule has 2 aromatic heterocycles. The van der Waals surface area contributed by atoms with Crippen LogP contribution in [0.2, 0.25) is 0 Å². The van der Waals surface area contributed by atoms with E-state index in [1.807, 2.05) is 17.5 Å². The smallest absolute Gasteiger partial charge is 0.180 e. The van der Waals surface area contributed by atoms with Crippen molar-refractivity contribution < 1.29 is 0 Å². The maximum absolute atomic E-state index is 5.72. The van der Waals surface area contributed by atoms with Crippen molar-refractivity contribution in [1.29, 1.82) is 0 Å². The molecule has 98 valence electrons. The molecule has 0 aliphatic heterocycles. The van der Waals surface area contributed by atoms with Crippen molar-refractivity contribution in [1.82, 2.24) is 14.5 Å². The zero-order chi connectivity index (χ0) is 13.4. The van der Waals surface area contributed by atoms with E-state index in [0.29, 0.717) is 5.13 Å². The monoisotopic (exact) mass is 336 g/mol. The molecule has 19 heavy (non-hydrogen) atoms. The molecule has 6 heteroatoms. The Balaban J connectivity index is 2.25. The van der Waals surface area contributed by atoms with E-state index in [1.54, 1.807) is 0 Å². The van der Waals surface area contributed by atoms with E-state index < -0.39 is 0 Å². The van der Waals surface area contributed by atoms with Gasteiger partial charge in [0.05, 0.1) is 11.0 Å². The van der Waals surface area contributed by atoms with Crippen LogP contribution >= 0.6 is 27.3 Å². The number of aromatic nitrogens is 3. The first-order valence-electron chi connectivity index (χ1n) is 6.06. The van der Waals surface area contributed by atoms with Gasteiger partial charge in [0, 0.05) is 16.4 Å². The fourth-order valence-corrected chi connectivity index (χ4v) is 3.03. The Labute approximate surface area is 123 Å². The van der Waals surface area contributed by atoms with E-state index in [4.69, 9.17) is 10.7 Å². The summed E-state index contributed by atoms with van der Waals surface area (Å²) in [5.74, 6) is 0.892. The Morgan fingerprint density at radius 3 is 2.89 bits per heavy atom. The minimum atomic E-state index is 0.575. The first-order chi connectivity index (χ1) is 9.19. The van der Waals surface area contributed by atoms with E-state index >= 15 is 0 Å². The fourth-order valence-electron chi connectivity index (χ4n) is 2.14. The van der Waals surface area contributed by atoms with Crippen LogP contribution in [0.4, 0.5) is 5.13 Å². The number of anilines is 1. The van der Waals surface area contributed by atoms with Gasteiger partial charge in [-0.1, -0.05) is 22.9 Å². The second-order valence-electron chi connectivity index (χ2n) is 4.29. The van der Waals surface area contributed by atoms with Crippen LogP contribution in [0.1, 0.15) is 13.3 Å². The predicted octanol–water partition coefficient (Wildman–Crippen LogP) is 3.91. The lowest BCUT2D eigenvalue weighted by atomic mass is 10.3. The highest BCUT2D eigenvalue weighted by atomic mass is 79.9. The third kappa shape index (κ3) is 2.26. The standard InChI is InChI=1S/C13H13BrN4S/c1-2-5-18-11-4-3-8(14)6-9(11)16-12(18)10-7-19-13(15)17-10/h3-4,6-7H,2,5H2,1H3,(H2,15,17). The first-order valence-corrected chi connectivity index (χ1v) is 7.73. The summed E-state index contributed by atoms with van der Waals surface area (Å²) in [5.41, 5.74) is 8.68. The van der Waals surface area contributed by atoms with E-state index in [1.165, 1.54) is 11.3 Å². The Morgan fingerprint density at radius 2 is 2.21 bits per heavy atom. The van der Waals surface area contributed by atoms with Crippen molar-refractivity contribution in [2.75, 3.05) is 5.73 Å². The number of benzene rings is 1. The molecule has 3 aromatic rings. The third-order valence-corrected chi connectivity index (χ3v) is 4.08. The molecule has 0 aliphatic rings. The number of nitrogens with zero attached hydrogens (tertiary/aromatic N) is 3. The molecule has 0 unspecified atom stereocenters. The number of hydrogen-bond acceptors (Lipinski definition) is 4. The number of aryl methyl sites for hydroxylation is 1.